The van der Waals surface area contributed by atoms with Crippen LogP contribution in [0.3, 0.4) is 0 Å². The highest BCUT2D eigenvalue weighted by molar-refractivity contribution is 6.05. The van der Waals surface area contributed by atoms with E-state index in [1.54, 1.807) is 30.3 Å². The lowest BCUT2D eigenvalue weighted by molar-refractivity contribution is -0.145. The van der Waals surface area contributed by atoms with Gasteiger partial charge in [0.25, 0.3) is 5.91 Å². The fourth-order valence-corrected chi connectivity index (χ4v) is 1.98. The second-order valence-electron chi connectivity index (χ2n) is 4.25. The number of hydrogen-bond donors (Lipinski definition) is 1. The minimum atomic E-state index is -0.964. The highest BCUT2D eigenvalue weighted by Crippen LogP contribution is 2.19. The summed E-state index contributed by atoms with van der Waals surface area (Å²) in [6, 6.07) is 8.40. The van der Waals surface area contributed by atoms with Crippen LogP contribution in [0.25, 0.3) is 0 Å². The Morgan fingerprint density at radius 2 is 1.89 bits per heavy atom. The van der Waals surface area contributed by atoms with Crippen molar-refractivity contribution in [1.82, 2.24) is 4.90 Å². The van der Waals surface area contributed by atoms with Crippen LogP contribution in [0.1, 0.15) is 23.2 Å². The van der Waals surface area contributed by atoms with Crippen LogP contribution in [0.4, 0.5) is 0 Å². The van der Waals surface area contributed by atoms with Crippen LogP contribution in [0, 0.1) is 5.92 Å². The number of imide groups is 1. The van der Waals surface area contributed by atoms with Gasteiger partial charge < -0.3 is 5.11 Å². The average molecular weight is 247 g/mol. The minimum Gasteiger partial charge on any atom is -0.481 e. The Hall–Kier alpha value is -2.17. The van der Waals surface area contributed by atoms with Gasteiger partial charge >= 0.3 is 5.97 Å². The summed E-state index contributed by atoms with van der Waals surface area (Å²) < 4.78 is 0. The van der Waals surface area contributed by atoms with Crippen molar-refractivity contribution in [1.29, 1.82) is 0 Å². The first-order chi connectivity index (χ1) is 8.59. The number of benzene rings is 1. The lowest BCUT2D eigenvalue weighted by Crippen LogP contribution is -2.45. The number of aliphatic carboxylic acids is 1. The van der Waals surface area contributed by atoms with Crippen molar-refractivity contribution in [3.05, 3.63) is 35.9 Å². The van der Waals surface area contributed by atoms with Gasteiger partial charge in [0.15, 0.2) is 0 Å². The number of rotatable bonds is 2. The maximum Gasteiger partial charge on any atom is 0.308 e. The van der Waals surface area contributed by atoms with Gasteiger partial charge in [-0.05, 0) is 18.6 Å². The van der Waals surface area contributed by atoms with Gasteiger partial charge in [0.2, 0.25) is 5.91 Å². The molecule has 5 nitrogen and oxygen atoms in total. The fraction of sp³-hybridized carbons (Fsp3) is 0.308. The highest BCUT2D eigenvalue weighted by atomic mass is 16.4. The topological polar surface area (TPSA) is 74.7 Å². The Morgan fingerprint density at radius 3 is 2.50 bits per heavy atom. The van der Waals surface area contributed by atoms with E-state index in [1.165, 1.54) is 0 Å². The summed E-state index contributed by atoms with van der Waals surface area (Å²) in [6.07, 6.45) is 0.405. The van der Waals surface area contributed by atoms with Crippen LogP contribution >= 0.6 is 0 Å². The van der Waals surface area contributed by atoms with Gasteiger partial charge in [-0.2, -0.15) is 0 Å². The molecule has 94 valence electrons. The molecule has 1 saturated heterocycles. The summed E-state index contributed by atoms with van der Waals surface area (Å²) in [4.78, 5) is 35.7. The van der Waals surface area contributed by atoms with Crippen molar-refractivity contribution in [2.75, 3.05) is 6.54 Å². The number of piperidine rings is 1. The SMILES string of the molecule is O=C(O)C1CCC(=O)N(C(=O)c2ccccc2)C1. The van der Waals surface area contributed by atoms with Crippen LogP contribution in [0.2, 0.25) is 0 Å². The minimum absolute atomic E-state index is 0.0398. The Labute approximate surface area is 104 Å². The largest absolute Gasteiger partial charge is 0.481 e. The van der Waals surface area contributed by atoms with Gasteiger partial charge in [0.1, 0.15) is 0 Å². The van der Waals surface area contributed by atoms with Crippen LogP contribution in [0.15, 0.2) is 30.3 Å². The molecule has 5 heteroatoms. The maximum absolute atomic E-state index is 12.1. The first kappa shape index (κ1) is 12.3. The van der Waals surface area contributed by atoms with Gasteiger partial charge in [-0.1, -0.05) is 18.2 Å². The molecule has 0 bridgehead atoms. The molecule has 18 heavy (non-hydrogen) atoms. The Balaban J connectivity index is 2.18. The van der Waals surface area contributed by atoms with Gasteiger partial charge in [0.05, 0.1) is 5.92 Å². The molecular formula is C13H13NO4. The third-order valence-corrected chi connectivity index (χ3v) is 3.03. The third-order valence-electron chi connectivity index (χ3n) is 3.03. The summed E-state index contributed by atoms with van der Waals surface area (Å²) in [5, 5.41) is 8.95. The van der Waals surface area contributed by atoms with E-state index in [1.807, 2.05) is 0 Å². The summed E-state index contributed by atoms with van der Waals surface area (Å²) in [6.45, 7) is -0.0398. The molecule has 1 N–H and O–H groups in total. The van der Waals surface area contributed by atoms with E-state index in [0.717, 1.165) is 4.90 Å². The molecule has 1 aliphatic rings. The first-order valence-corrected chi connectivity index (χ1v) is 5.72. The van der Waals surface area contributed by atoms with Crippen molar-refractivity contribution in [3.63, 3.8) is 0 Å². The summed E-state index contributed by atoms with van der Waals surface area (Å²) in [5.74, 6) is -2.35. The quantitative estimate of drug-likeness (QED) is 0.795. The molecular weight excluding hydrogens is 234 g/mol. The number of carbonyl (C=O) groups is 3. The van der Waals surface area contributed by atoms with Gasteiger partial charge in [0, 0.05) is 18.5 Å². The van der Waals surface area contributed by atoms with Gasteiger partial charge in [-0.3, -0.25) is 19.3 Å². The molecule has 1 fully saturated rings. The van der Waals surface area contributed by atoms with E-state index in [0.29, 0.717) is 12.0 Å². The van der Waals surface area contributed by atoms with E-state index in [4.69, 9.17) is 5.11 Å². The van der Waals surface area contributed by atoms with E-state index in [9.17, 15) is 14.4 Å². The zero-order valence-corrected chi connectivity index (χ0v) is 9.70. The number of amides is 2. The number of carbonyl (C=O) groups excluding carboxylic acids is 2. The Morgan fingerprint density at radius 1 is 1.22 bits per heavy atom. The van der Waals surface area contributed by atoms with Gasteiger partial charge in [-0.15, -0.1) is 0 Å². The summed E-state index contributed by atoms with van der Waals surface area (Å²) >= 11 is 0. The van der Waals surface area contributed by atoms with Crippen LogP contribution < -0.4 is 0 Å². The molecule has 2 rings (SSSR count). The summed E-state index contributed by atoms with van der Waals surface area (Å²) in [5.41, 5.74) is 0.400. The molecule has 0 spiro atoms. The smallest absolute Gasteiger partial charge is 0.308 e. The van der Waals surface area contributed by atoms with Crippen LogP contribution in [0.5, 0.6) is 0 Å². The van der Waals surface area contributed by atoms with E-state index >= 15 is 0 Å². The molecule has 2 amide bonds. The second kappa shape index (κ2) is 5.00. The predicted molar refractivity (Wildman–Crippen MR) is 62.8 cm³/mol. The third kappa shape index (κ3) is 2.40. The van der Waals surface area contributed by atoms with Crippen molar-refractivity contribution in [3.8, 4) is 0 Å². The van der Waals surface area contributed by atoms with Crippen LogP contribution in [-0.4, -0.2) is 34.3 Å². The molecule has 0 radical (unpaired) electrons. The molecule has 1 aliphatic heterocycles. The van der Waals surface area contributed by atoms with E-state index in [2.05, 4.69) is 0 Å². The first-order valence-electron chi connectivity index (χ1n) is 5.72. The molecule has 1 aromatic carbocycles. The van der Waals surface area contributed by atoms with Crippen molar-refractivity contribution in [2.45, 2.75) is 12.8 Å². The molecule has 1 aromatic rings. The second-order valence-corrected chi connectivity index (χ2v) is 4.25. The normalized spacial score (nSPS) is 19.7. The molecule has 1 unspecified atom stereocenters. The zero-order valence-electron chi connectivity index (χ0n) is 9.70. The number of nitrogens with zero attached hydrogens (tertiary/aromatic N) is 1. The van der Waals surface area contributed by atoms with Crippen molar-refractivity contribution >= 4 is 17.8 Å². The molecule has 1 atom stereocenters. The van der Waals surface area contributed by atoms with E-state index < -0.39 is 17.8 Å². The zero-order chi connectivity index (χ0) is 13.1. The summed E-state index contributed by atoms with van der Waals surface area (Å²) in [7, 11) is 0. The molecule has 0 aromatic heterocycles. The van der Waals surface area contributed by atoms with Crippen molar-refractivity contribution in [2.24, 2.45) is 5.92 Å². The number of carboxylic acids is 1. The molecule has 0 saturated carbocycles. The number of likely N-dealkylation sites (tertiary alicyclic amines) is 1. The monoisotopic (exact) mass is 247 g/mol. The number of carboxylic acid groups (broad SMARTS) is 1. The van der Waals surface area contributed by atoms with Crippen molar-refractivity contribution < 1.29 is 19.5 Å². The molecule has 0 aliphatic carbocycles. The Kier molecular flexibility index (Phi) is 3.41. The lowest BCUT2D eigenvalue weighted by Gasteiger charge is -2.28. The average Bonchev–Trinajstić information content (AvgIpc) is 2.39. The van der Waals surface area contributed by atoms with Gasteiger partial charge in [-0.25, -0.2) is 0 Å². The lowest BCUT2D eigenvalue weighted by atomic mass is 9.97. The Bertz CT molecular complexity index is 483. The number of hydrogen-bond acceptors (Lipinski definition) is 3. The standard InChI is InChI=1S/C13H13NO4/c15-11-7-6-10(13(17)18)8-14(11)12(16)9-4-2-1-3-5-9/h1-5,10H,6-8H2,(H,17,18). The van der Waals surface area contributed by atoms with E-state index in [-0.39, 0.29) is 18.9 Å². The maximum atomic E-state index is 12.1. The molecule has 1 heterocycles. The fourth-order valence-electron chi connectivity index (χ4n) is 1.98. The highest BCUT2D eigenvalue weighted by Gasteiger charge is 2.33. The van der Waals surface area contributed by atoms with Crippen LogP contribution in [-0.2, 0) is 9.59 Å². The predicted octanol–water partition coefficient (Wildman–Crippen LogP) is 1.15.